The molecule has 0 aromatic carbocycles. The summed E-state index contributed by atoms with van der Waals surface area (Å²) in [5, 5.41) is 0. The molecule has 2 rings (SSSR count). The first-order valence-corrected chi connectivity index (χ1v) is 5.40. The van der Waals surface area contributed by atoms with E-state index in [9.17, 15) is 0 Å². The molecule has 0 nitrogen and oxygen atoms in total. The van der Waals surface area contributed by atoms with Crippen molar-refractivity contribution in [3.05, 3.63) is 96.2 Å². The molecule has 0 heterocycles. The van der Waals surface area contributed by atoms with E-state index in [-0.39, 0.29) is 0 Å². The normalized spacial score (nSPS) is 18.5. The molecule has 0 aromatic rings. The molecule has 0 amide bonds. The largest absolute Gasteiger partial charge is 0.0623 e. The van der Waals surface area contributed by atoms with E-state index in [4.69, 9.17) is 0 Å². The minimum absolute atomic E-state index is 1.32. The molecule has 0 saturated carbocycles. The van der Waals surface area contributed by atoms with Gasteiger partial charge in [0.15, 0.2) is 0 Å². The van der Waals surface area contributed by atoms with Crippen LogP contribution in [0, 0.1) is 0 Å². The fraction of sp³-hybridized carbons (Fsp3) is 0. The second-order valence-corrected chi connectivity index (χ2v) is 3.51. The number of fused-ring (bicyclic) bond motifs is 1. The van der Waals surface area contributed by atoms with Crippen molar-refractivity contribution in [2.75, 3.05) is 0 Å². The fourth-order valence-corrected chi connectivity index (χ4v) is 1.32. The van der Waals surface area contributed by atoms with Crippen molar-refractivity contribution < 1.29 is 0 Å². The van der Waals surface area contributed by atoms with Crippen LogP contribution in [0.25, 0.3) is 0 Å². The van der Waals surface area contributed by atoms with E-state index in [1.807, 2.05) is 54.7 Å². The molecule has 0 saturated heterocycles. The highest BCUT2D eigenvalue weighted by Crippen LogP contribution is 2.28. The summed E-state index contributed by atoms with van der Waals surface area (Å²) in [5.74, 6) is 0. The van der Waals surface area contributed by atoms with Gasteiger partial charge in [0.25, 0.3) is 0 Å². The first kappa shape index (κ1) is 10.4. The van der Waals surface area contributed by atoms with Gasteiger partial charge in [0.2, 0.25) is 0 Å². The first-order chi connectivity index (χ1) is 7.97. The Labute approximate surface area is 96.7 Å². The maximum Gasteiger partial charge on any atom is -0.0178 e. The van der Waals surface area contributed by atoms with Crippen LogP contribution in [0.5, 0.6) is 0 Å². The Bertz CT molecular complexity index is 472. The molecule has 0 atom stereocenters. The van der Waals surface area contributed by atoms with Crippen molar-refractivity contribution in [1.29, 1.82) is 0 Å². The third-order valence-corrected chi connectivity index (χ3v) is 2.22. The molecule has 0 heteroatoms. The van der Waals surface area contributed by atoms with Gasteiger partial charge < -0.3 is 0 Å². The highest BCUT2D eigenvalue weighted by Gasteiger charge is 2.10. The van der Waals surface area contributed by atoms with Gasteiger partial charge in [-0.25, -0.2) is 0 Å². The minimum atomic E-state index is 1.32. The smallest absolute Gasteiger partial charge is 0.0178 e. The first-order valence-electron chi connectivity index (χ1n) is 5.40. The van der Waals surface area contributed by atoms with Crippen LogP contribution in [0.1, 0.15) is 0 Å². The van der Waals surface area contributed by atoms with E-state index in [1.165, 1.54) is 11.1 Å². The zero-order valence-corrected chi connectivity index (χ0v) is 9.08. The van der Waals surface area contributed by atoms with Gasteiger partial charge in [-0.2, -0.15) is 0 Å². The van der Waals surface area contributed by atoms with Gasteiger partial charge in [-0.05, 0) is 17.2 Å². The summed E-state index contributed by atoms with van der Waals surface area (Å²) in [7, 11) is 0. The summed E-state index contributed by atoms with van der Waals surface area (Å²) in [6.07, 6.45) is 28.7. The SMILES string of the molecule is C1=CC=CC=CC=C2C=C2C=CC=CC=C1. The average molecular weight is 206 g/mol. The van der Waals surface area contributed by atoms with Crippen LogP contribution in [0.4, 0.5) is 0 Å². The van der Waals surface area contributed by atoms with Gasteiger partial charge in [0.05, 0.1) is 0 Å². The van der Waals surface area contributed by atoms with Crippen LogP contribution in [0.3, 0.4) is 0 Å². The van der Waals surface area contributed by atoms with E-state index < -0.39 is 0 Å². The third kappa shape index (κ3) is 3.58. The molecule has 0 unspecified atom stereocenters. The Kier molecular flexibility index (Phi) is 3.73. The van der Waals surface area contributed by atoms with Crippen LogP contribution >= 0.6 is 0 Å². The fourth-order valence-electron chi connectivity index (χ4n) is 1.32. The lowest BCUT2D eigenvalue weighted by molar-refractivity contribution is 1.79. The molecule has 0 fully saturated rings. The Balaban J connectivity index is 2.09. The summed E-state index contributed by atoms with van der Waals surface area (Å²) < 4.78 is 0. The molecule has 0 bridgehead atoms. The topological polar surface area (TPSA) is 0 Å². The van der Waals surface area contributed by atoms with Crippen LogP contribution in [0.15, 0.2) is 96.2 Å². The maximum absolute atomic E-state index is 2.17. The van der Waals surface area contributed by atoms with Gasteiger partial charge in [0.1, 0.15) is 0 Å². The molecule has 2 aliphatic rings. The summed E-state index contributed by atoms with van der Waals surface area (Å²) in [5.41, 5.74) is 2.63. The van der Waals surface area contributed by atoms with Gasteiger partial charge in [-0.15, -0.1) is 0 Å². The van der Waals surface area contributed by atoms with Gasteiger partial charge in [0, 0.05) is 0 Å². The number of allylic oxidation sites excluding steroid dienone is 16. The molecule has 0 spiro atoms. The lowest BCUT2D eigenvalue weighted by atomic mass is 10.3. The number of hydrogen-bond acceptors (Lipinski definition) is 0. The zero-order chi connectivity index (χ0) is 11.1. The van der Waals surface area contributed by atoms with E-state index >= 15 is 0 Å². The maximum atomic E-state index is 2.17. The molecule has 0 aliphatic heterocycles. The second kappa shape index (κ2) is 5.72. The second-order valence-electron chi connectivity index (χ2n) is 3.51. The van der Waals surface area contributed by atoms with Crippen molar-refractivity contribution in [2.45, 2.75) is 0 Å². The van der Waals surface area contributed by atoms with Gasteiger partial charge in [-0.3, -0.25) is 0 Å². The minimum Gasteiger partial charge on any atom is -0.0623 e. The molecular weight excluding hydrogens is 192 g/mol. The van der Waals surface area contributed by atoms with Crippen molar-refractivity contribution in [2.24, 2.45) is 0 Å². The standard InChI is InChI=1S/C16H14/c1-2-4-6-8-10-12-15-14-16(15)13-11-9-7-5-3-1/h1-14H. The van der Waals surface area contributed by atoms with Crippen LogP contribution in [-0.2, 0) is 0 Å². The Morgan fingerprint density at radius 3 is 1.56 bits per heavy atom. The molecule has 78 valence electrons. The molecular formula is C16H14. The summed E-state index contributed by atoms with van der Waals surface area (Å²) in [6.45, 7) is 0. The molecule has 16 heavy (non-hydrogen) atoms. The van der Waals surface area contributed by atoms with E-state index in [0.717, 1.165) is 0 Å². The van der Waals surface area contributed by atoms with Crippen LogP contribution in [0.2, 0.25) is 0 Å². The zero-order valence-electron chi connectivity index (χ0n) is 9.08. The molecule has 0 N–H and O–H groups in total. The van der Waals surface area contributed by atoms with Gasteiger partial charge in [-0.1, -0.05) is 79.0 Å². The predicted molar refractivity (Wildman–Crippen MR) is 71.0 cm³/mol. The van der Waals surface area contributed by atoms with E-state index in [2.05, 4.69) is 30.4 Å². The van der Waals surface area contributed by atoms with Crippen LogP contribution < -0.4 is 0 Å². The van der Waals surface area contributed by atoms with Crippen molar-refractivity contribution >= 4 is 0 Å². The third-order valence-electron chi connectivity index (χ3n) is 2.22. The molecule has 0 radical (unpaired) electrons. The Hall–Kier alpha value is -2.08. The Morgan fingerprint density at radius 1 is 0.438 bits per heavy atom. The highest BCUT2D eigenvalue weighted by atomic mass is 14.1. The monoisotopic (exact) mass is 206 g/mol. The number of rotatable bonds is 0. The molecule has 0 aromatic heterocycles. The van der Waals surface area contributed by atoms with E-state index in [0.29, 0.717) is 0 Å². The predicted octanol–water partition coefficient (Wildman–Crippen LogP) is 4.20. The summed E-state index contributed by atoms with van der Waals surface area (Å²) in [6, 6.07) is 0. The van der Waals surface area contributed by atoms with Crippen molar-refractivity contribution in [3.63, 3.8) is 0 Å². The van der Waals surface area contributed by atoms with Crippen molar-refractivity contribution in [3.8, 4) is 0 Å². The Morgan fingerprint density at radius 2 is 0.938 bits per heavy atom. The highest BCUT2D eigenvalue weighted by molar-refractivity contribution is 5.64. The summed E-state index contributed by atoms with van der Waals surface area (Å²) in [4.78, 5) is 0. The summed E-state index contributed by atoms with van der Waals surface area (Å²) >= 11 is 0. The molecule has 2 aliphatic carbocycles. The lowest BCUT2D eigenvalue weighted by Gasteiger charge is -1.77. The van der Waals surface area contributed by atoms with E-state index in [1.54, 1.807) is 0 Å². The lowest BCUT2D eigenvalue weighted by Crippen LogP contribution is -1.57. The van der Waals surface area contributed by atoms with Crippen molar-refractivity contribution in [1.82, 2.24) is 0 Å². The van der Waals surface area contributed by atoms with Crippen LogP contribution in [-0.4, -0.2) is 0 Å². The van der Waals surface area contributed by atoms with Gasteiger partial charge >= 0.3 is 0 Å². The quantitative estimate of drug-likeness (QED) is 0.557. The number of hydrogen-bond donors (Lipinski definition) is 0. The average Bonchev–Trinajstić information content (AvgIpc) is 3.02.